The van der Waals surface area contributed by atoms with Gasteiger partial charge in [0.05, 0.1) is 0 Å². The van der Waals surface area contributed by atoms with Gasteiger partial charge in [-0.25, -0.2) is 0 Å². The van der Waals surface area contributed by atoms with Gasteiger partial charge in [0, 0.05) is 15.4 Å². The van der Waals surface area contributed by atoms with Gasteiger partial charge < -0.3 is 10.5 Å². The van der Waals surface area contributed by atoms with Crippen molar-refractivity contribution >= 4 is 27.3 Å². The number of aryl methyl sites for hydroxylation is 1. The number of hydrogen-bond donors (Lipinski definition) is 1. The summed E-state index contributed by atoms with van der Waals surface area (Å²) in [5.74, 6) is 1.32. The second-order valence-electron chi connectivity index (χ2n) is 5.70. The zero-order valence-corrected chi connectivity index (χ0v) is 15.3. The van der Waals surface area contributed by atoms with Crippen LogP contribution in [0.15, 0.2) is 34.1 Å². The van der Waals surface area contributed by atoms with E-state index in [1.807, 2.05) is 19.1 Å². The van der Waals surface area contributed by atoms with Gasteiger partial charge in [-0.1, -0.05) is 29.8 Å². The molecular weight excluding hydrogens is 346 g/mol. The molecule has 2 atom stereocenters. The lowest BCUT2D eigenvalue weighted by molar-refractivity contribution is 0.181. The molecule has 0 radical (unpaired) electrons. The Balaban J connectivity index is 2.36. The lowest BCUT2D eigenvalue weighted by Gasteiger charge is -2.25. The molecule has 0 aliphatic heterocycles. The van der Waals surface area contributed by atoms with Crippen molar-refractivity contribution in [3.8, 4) is 5.75 Å². The van der Waals surface area contributed by atoms with Crippen molar-refractivity contribution in [2.45, 2.75) is 45.8 Å². The Bertz CT molecular complexity index is 607. The number of halogens is 1. The van der Waals surface area contributed by atoms with Crippen molar-refractivity contribution in [3.63, 3.8) is 0 Å². The van der Waals surface area contributed by atoms with Gasteiger partial charge in [0.1, 0.15) is 11.9 Å². The maximum absolute atomic E-state index is 6.31. The molecule has 0 aliphatic rings. The Hall–Kier alpha value is -0.840. The van der Waals surface area contributed by atoms with E-state index in [-0.39, 0.29) is 12.1 Å². The fraction of sp³-hybridized carbons (Fsp3) is 0.412. The summed E-state index contributed by atoms with van der Waals surface area (Å²) < 4.78 is 7.39. The Morgan fingerprint density at radius 2 is 1.90 bits per heavy atom. The first kappa shape index (κ1) is 16.5. The number of thiophene rings is 1. The van der Waals surface area contributed by atoms with Crippen LogP contribution in [0, 0.1) is 6.92 Å². The van der Waals surface area contributed by atoms with Gasteiger partial charge in [-0.05, 0) is 60.5 Å². The molecule has 114 valence electrons. The van der Waals surface area contributed by atoms with Gasteiger partial charge >= 0.3 is 0 Å². The Kier molecular flexibility index (Phi) is 5.47. The smallest absolute Gasteiger partial charge is 0.148 e. The first-order valence-electron chi connectivity index (χ1n) is 7.15. The highest BCUT2D eigenvalue weighted by Crippen LogP contribution is 2.35. The fourth-order valence-corrected chi connectivity index (χ4v) is 3.74. The Morgan fingerprint density at radius 1 is 1.19 bits per heavy atom. The lowest BCUT2D eigenvalue weighted by Crippen LogP contribution is -2.29. The third-order valence-electron chi connectivity index (χ3n) is 3.49. The summed E-state index contributed by atoms with van der Waals surface area (Å²) >= 11 is 5.24. The highest BCUT2D eigenvalue weighted by atomic mass is 79.9. The zero-order valence-electron chi connectivity index (χ0n) is 12.9. The summed E-state index contributed by atoms with van der Waals surface area (Å²) in [7, 11) is 0. The van der Waals surface area contributed by atoms with Crippen LogP contribution in [-0.4, -0.2) is 6.04 Å². The minimum atomic E-state index is -0.108. The van der Waals surface area contributed by atoms with Gasteiger partial charge in [0.25, 0.3) is 0 Å². The lowest BCUT2D eigenvalue weighted by atomic mass is 10.0. The molecular formula is C17H22BrNOS. The summed E-state index contributed by atoms with van der Waals surface area (Å²) in [5, 5.41) is 2.09. The third-order valence-corrected chi connectivity index (χ3v) is 5.06. The highest BCUT2D eigenvalue weighted by molar-refractivity contribution is 9.10. The SMILES string of the molecule is Cc1ccsc1C(Oc1ccc(Br)cc1C(C)C)C(C)N. The van der Waals surface area contributed by atoms with Crippen LogP contribution >= 0.6 is 27.3 Å². The molecule has 2 unspecified atom stereocenters. The van der Waals surface area contributed by atoms with Crippen LogP contribution in [0.4, 0.5) is 0 Å². The van der Waals surface area contributed by atoms with Crippen molar-refractivity contribution < 1.29 is 4.74 Å². The van der Waals surface area contributed by atoms with Crippen LogP contribution in [0.3, 0.4) is 0 Å². The molecule has 1 heterocycles. The summed E-state index contributed by atoms with van der Waals surface area (Å²) in [6.45, 7) is 8.45. The maximum atomic E-state index is 6.31. The second kappa shape index (κ2) is 6.95. The predicted octanol–water partition coefficient (Wildman–Crippen LogP) is 5.41. The zero-order chi connectivity index (χ0) is 15.6. The van der Waals surface area contributed by atoms with Crippen LogP contribution in [0.2, 0.25) is 0 Å². The van der Waals surface area contributed by atoms with Crippen molar-refractivity contribution in [1.29, 1.82) is 0 Å². The molecule has 0 fully saturated rings. The first-order chi connectivity index (χ1) is 9.90. The minimum Gasteiger partial charge on any atom is -0.483 e. The summed E-state index contributed by atoms with van der Waals surface area (Å²) in [6.07, 6.45) is -0.108. The topological polar surface area (TPSA) is 35.2 Å². The molecule has 4 heteroatoms. The molecule has 1 aromatic heterocycles. The molecule has 2 aromatic rings. The minimum absolute atomic E-state index is 0.0639. The van der Waals surface area contributed by atoms with Gasteiger partial charge in [-0.15, -0.1) is 11.3 Å². The molecule has 0 spiro atoms. The van der Waals surface area contributed by atoms with E-state index < -0.39 is 0 Å². The molecule has 2 nitrogen and oxygen atoms in total. The average Bonchev–Trinajstić information content (AvgIpc) is 2.82. The number of rotatable bonds is 5. The fourth-order valence-electron chi connectivity index (χ4n) is 2.29. The largest absolute Gasteiger partial charge is 0.483 e. The van der Waals surface area contributed by atoms with E-state index in [4.69, 9.17) is 10.5 Å². The van der Waals surface area contributed by atoms with Gasteiger partial charge in [0.2, 0.25) is 0 Å². The molecule has 21 heavy (non-hydrogen) atoms. The number of benzene rings is 1. The second-order valence-corrected chi connectivity index (χ2v) is 7.57. The molecule has 0 amide bonds. The summed E-state index contributed by atoms with van der Waals surface area (Å²) in [4.78, 5) is 1.21. The van der Waals surface area contributed by atoms with Crippen molar-refractivity contribution in [2.75, 3.05) is 0 Å². The summed E-state index contributed by atoms with van der Waals surface area (Å²) in [5.41, 5.74) is 8.61. The van der Waals surface area contributed by atoms with E-state index in [1.54, 1.807) is 11.3 Å². The van der Waals surface area contributed by atoms with Gasteiger partial charge in [0.15, 0.2) is 0 Å². The van der Waals surface area contributed by atoms with Crippen molar-refractivity contribution in [3.05, 3.63) is 50.1 Å². The van der Waals surface area contributed by atoms with E-state index in [0.29, 0.717) is 5.92 Å². The van der Waals surface area contributed by atoms with E-state index in [9.17, 15) is 0 Å². The monoisotopic (exact) mass is 367 g/mol. The molecule has 0 saturated heterocycles. The molecule has 0 saturated carbocycles. The van der Waals surface area contributed by atoms with Crippen LogP contribution < -0.4 is 10.5 Å². The standard InChI is InChI=1S/C17H22BrNOS/c1-10(2)14-9-13(18)5-6-15(14)20-16(12(4)19)17-11(3)7-8-21-17/h5-10,12,16H,19H2,1-4H3. The van der Waals surface area contributed by atoms with Crippen LogP contribution in [0.1, 0.15) is 48.8 Å². The average molecular weight is 368 g/mol. The number of hydrogen-bond acceptors (Lipinski definition) is 3. The molecule has 0 aliphatic carbocycles. The van der Waals surface area contributed by atoms with Crippen LogP contribution in [-0.2, 0) is 0 Å². The van der Waals surface area contributed by atoms with E-state index in [1.165, 1.54) is 16.0 Å². The van der Waals surface area contributed by atoms with Crippen LogP contribution in [0.5, 0.6) is 5.75 Å². The molecule has 1 aromatic carbocycles. The Labute approximate surface area is 139 Å². The van der Waals surface area contributed by atoms with Gasteiger partial charge in [-0.2, -0.15) is 0 Å². The number of nitrogens with two attached hydrogens (primary N) is 1. The maximum Gasteiger partial charge on any atom is 0.148 e. The van der Waals surface area contributed by atoms with E-state index >= 15 is 0 Å². The normalized spacial score (nSPS) is 14.2. The predicted molar refractivity (Wildman–Crippen MR) is 94.3 cm³/mol. The highest BCUT2D eigenvalue weighted by Gasteiger charge is 2.23. The molecule has 2 rings (SSSR count). The van der Waals surface area contributed by atoms with Crippen molar-refractivity contribution in [1.82, 2.24) is 0 Å². The quantitative estimate of drug-likeness (QED) is 0.766. The molecule has 2 N–H and O–H groups in total. The third kappa shape index (κ3) is 3.87. The van der Waals surface area contributed by atoms with Crippen molar-refractivity contribution in [2.24, 2.45) is 5.73 Å². The Morgan fingerprint density at radius 3 is 2.43 bits per heavy atom. The number of ether oxygens (including phenoxy) is 1. The van der Waals surface area contributed by atoms with Gasteiger partial charge in [-0.3, -0.25) is 0 Å². The molecule has 0 bridgehead atoms. The van der Waals surface area contributed by atoms with E-state index in [2.05, 4.69) is 54.2 Å². The van der Waals surface area contributed by atoms with E-state index in [0.717, 1.165) is 10.2 Å². The van der Waals surface area contributed by atoms with Crippen LogP contribution in [0.25, 0.3) is 0 Å². The summed E-state index contributed by atoms with van der Waals surface area (Å²) in [6, 6.07) is 8.22. The first-order valence-corrected chi connectivity index (χ1v) is 8.83.